The average molecular weight is 241 g/mol. The van der Waals surface area contributed by atoms with E-state index in [9.17, 15) is 13.2 Å². The summed E-state index contributed by atoms with van der Waals surface area (Å²) in [4.78, 5) is 0. The Morgan fingerprint density at radius 3 is 2.53 bits per heavy atom. The normalized spacial score (nSPS) is 12.7. The van der Waals surface area contributed by atoms with E-state index in [2.05, 4.69) is 0 Å². The molecule has 5 heteroatoms. The van der Waals surface area contributed by atoms with Crippen molar-refractivity contribution < 1.29 is 17.6 Å². The van der Waals surface area contributed by atoms with Crippen molar-refractivity contribution in [2.24, 2.45) is 5.73 Å². The van der Waals surface area contributed by atoms with Crippen LogP contribution >= 0.6 is 0 Å². The molecular weight excluding hydrogens is 231 g/mol. The van der Waals surface area contributed by atoms with E-state index in [0.29, 0.717) is 6.42 Å². The summed E-state index contributed by atoms with van der Waals surface area (Å²) in [5.41, 5.74) is 6.45. The second kappa shape index (κ2) is 4.63. The average Bonchev–Trinajstić information content (AvgIpc) is 2.78. The fraction of sp³-hybridized carbons (Fsp3) is 0.167. The smallest absolute Gasteiger partial charge is 0.194 e. The topological polar surface area (TPSA) is 39.2 Å². The van der Waals surface area contributed by atoms with Gasteiger partial charge >= 0.3 is 0 Å². The molecule has 0 aliphatic carbocycles. The zero-order valence-electron chi connectivity index (χ0n) is 8.79. The minimum atomic E-state index is -1.50. The van der Waals surface area contributed by atoms with Crippen molar-refractivity contribution in [1.82, 2.24) is 0 Å². The van der Waals surface area contributed by atoms with Crippen molar-refractivity contribution in [2.45, 2.75) is 12.5 Å². The van der Waals surface area contributed by atoms with Gasteiger partial charge in [0.2, 0.25) is 0 Å². The lowest BCUT2D eigenvalue weighted by Crippen LogP contribution is -2.16. The Labute approximate surface area is 95.8 Å². The summed E-state index contributed by atoms with van der Waals surface area (Å²) < 4.78 is 44.0. The summed E-state index contributed by atoms with van der Waals surface area (Å²) >= 11 is 0. The van der Waals surface area contributed by atoms with Crippen molar-refractivity contribution in [3.63, 3.8) is 0 Å². The van der Waals surface area contributed by atoms with Crippen LogP contribution in [0.25, 0.3) is 0 Å². The van der Waals surface area contributed by atoms with Crippen molar-refractivity contribution in [1.29, 1.82) is 0 Å². The Hall–Kier alpha value is -1.75. The van der Waals surface area contributed by atoms with Crippen molar-refractivity contribution in [3.05, 3.63) is 59.3 Å². The van der Waals surface area contributed by atoms with E-state index >= 15 is 0 Å². The van der Waals surface area contributed by atoms with Crippen LogP contribution in [0.1, 0.15) is 17.2 Å². The van der Waals surface area contributed by atoms with E-state index in [1.165, 1.54) is 12.5 Å². The third-order valence-corrected chi connectivity index (χ3v) is 2.50. The van der Waals surface area contributed by atoms with Crippen LogP contribution in [0.4, 0.5) is 13.2 Å². The molecule has 0 saturated carbocycles. The number of hydrogen-bond acceptors (Lipinski definition) is 2. The van der Waals surface area contributed by atoms with Gasteiger partial charge in [-0.2, -0.15) is 0 Å². The Bertz CT molecular complexity index is 511. The van der Waals surface area contributed by atoms with E-state index in [4.69, 9.17) is 10.2 Å². The molecule has 2 N–H and O–H groups in total. The summed E-state index contributed by atoms with van der Waals surface area (Å²) in [6, 6.07) is 2.95. The van der Waals surface area contributed by atoms with Gasteiger partial charge in [0.1, 0.15) is 0 Å². The Kier molecular flexibility index (Phi) is 3.19. The van der Waals surface area contributed by atoms with Crippen LogP contribution in [0.15, 0.2) is 35.1 Å². The molecule has 17 heavy (non-hydrogen) atoms. The summed E-state index contributed by atoms with van der Waals surface area (Å²) in [5.74, 6) is -3.95. The number of halogens is 3. The third-order valence-electron chi connectivity index (χ3n) is 2.50. The summed E-state index contributed by atoms with van der Waals surface area (Å²) in [6.07, 6.45) is 3.22. The molecule has 0 spiro atoms. The maximum absolute atomic E-state index is 13.4. The lowest BCUT2D eigenvalue weighted by atomic mass is 10.0. The van der Waals surface area contributed by atoms with Gasteiger partial charge in [0.25, 0.3) is 0 Å². The molecule has 1 aromatic carbocycles. The van der Waals surface area contributed by atoms with E-state index in [0.717, 1.165) is 17.7 Å². The van der Waals surface area contributed by atoms with E-state index in [1.54, 1.807) is 6.07 Å². The molecule has 0 saturated heterocycles. The van der Waals surface area contributed by atoms with Gasteiger partial charge in [-0.1, -0.05) is 6.07 Å². The summed E-state index contributed by atoms with van der Waals surface area (Å²) in [6.45, 7) is 0. The molecular formula is C12H10F3NO. The van der Waals surface area contributed by atoms with Crippen molar-refractivity contribution in [2.75, 3.05) is 0 Å². The van der Waals surface area contributed by atoms with Crippen LogP contribution in [0.2, 0.25) is 0 Å². The van der Waals surface area contributed by atoms with Crippen LogP contribution < -0.4 is 5.73 Å². The second-order valence-corrected chi connectivity index (χ2v) is 3.71. The van der Waals surface area contributed by atoms with Gasteiger partial charge in [-0.3, -0.25) is 0 Å². The van der Waals surface area contributed by atoms with E-state index < -0.39 is 23.5 Å². The van der Waals surface area contributed by atoms with E-state index in [-0.39, 0.29) is 5.56 Å². The molecule has 1 atom stereocenters. The van der Waals surface area contributed by atoms with Crippen LogP contribution in [-0.4, -0.2) is 0 Å². The number of hydrogen-bond donors (Lipinski definition) is 1. The minimum absolute atomic E-state index is 0.0508. The highest BCUT2D eigenvalue weighted by atomic mass is 19.2. The molecule has 2 aromatic rings. The second-order valence-electron chi connectivity index (χ2n) is 3.71. The zero-order chi connectivity index (χ0) is 12.4. The Balaban J connectivity index is 2.25. The van der Waals surface area contributed by atoms with Gasteiger partial charge < -0.3 is 10.2 Å². The highest BCUT2D eigenvalue weighted by Gasteiger charge is 2.18. The highest BCUT2D eigenvalue weighted by Crippen LogP contribution is 2.22. The molecule has 0 amide bonds. The molecule has 0 aliphatic rings. The Morgan fingerprint density at radius 1 is 1.12 bits per heavy atom. The fourth-order valence-electron chi connectivity index (χ4n) is 1.60. The summed E-state index contributed by atoms with van der Waals surface area (Å²) in [5, 5.41) is 0. The van der Waals surface area contributed by atoms with Crippen LogP contribution in [-0.2, 0) is 6.42 Å². The monoisotopic (exact) mass is 241 g/mol. The maximum Gasteiger partial charge on any atom is 0.194 e. The molecule has 2 rings (SSSR count). The van der Waals surface area contributed by atoms with Gasteiger partial charge in [-0.25, -0.2) is 13.2 Å². The first kappa shape index (κ1) is 11.7. The highest BCUT2D eigenvalue weighted by molar-refractivity contribution is 5.25. The van der Waals surface area contributed by atoms with Crippen LogP contribution in [0.3, 0.4) is 0 Å². The zero-order valence-corrected chi connectivity index (χ0v) is 8.79. The van der Waals surface area contributed by atoms with Gasteiger partial charge in [0.15, 0.2) is 17.5 Å². The largest absolute Gasteiger partial charge is 0.472 e. The fourth-order valence-corrected chi connectivity index (χ4v) is 1.60. The van der Waals surface area contributed by atoms with Crippen LogP contribution in [0.5, 0.6) is 0 Å². The number of rotatable bonds is 3. The first-order valence-corrected chi connectivity index (χ1v) is 4.99. The first-order chi connectivity index (χ1) is 8.09. The lowest BCUT2D eigenvalue weighted by Gasteiger charge is -2.12. The SMILES string of the molecule is NC(Cc1ccoc1)c1ccc(F)c(F)c1F. The van der Waals surface area contributed by atoms with E-state index in [1.807, 2.05) is 0 Å². The van der Waals surface area contributed by atoms with Crippen molar-refractivity contribution >= 4 is 0 Å². The Morgan fingerprint density at radius 2 is 1.88 bits per heavy atom. The van der Waals surface area contributed by atoms with Gasteiger partial charge in [-0.15, -0.1) is 0 Å². The van der Waals surface area contributed by atoms with Gasteiger partial charge in [-0.05, 0) is 24.1 Å². The van der Waals surface area contributed by atoms with Gasteiger partial charge in [0, 0.05) is 11.6 Å². The summed E-state index contributed by atoms with van der Waals surface area (Å²) in [7, 11) is 0. The number of benzene rings is 1. The predicted octanol–water partition coefficient (Wildman–Crippen LogP) is 2.94. The minimum Gasteiger partial charge on any atom is -0.472 e. The first-order valence-electron chi connectivity index (χ1n) is 4.99. The molecule has 1 aromatic heterocycles. The standard InChI is InChI=1S/C12H10F3NO/c13-9-2-1-8(11(14)12(9)15)10(16)5-7-3-4-17-6-7/h1-4,6,10H,5,16H2. The van der Waals surface area contributed by atoms with Gasteiger partial charge in [0.05, 0.1) is 12.5 Å². The molecule has 90 valence electrons. The lowest BCUT2D eigenvalue weighted by molar-refractivity contribution is 0.435. The molecule has 0 fully saturated rings. The molecule has 0 aliphatic heterocycles. The maximum atomic E-state index is 13.4. The number of furan rings is 1. The molecule has 1 heterocycles. The predicted molar refractivity (Wildman–Crippen MR) is 55.7 cm³/mol. The molecule has 1 unspecified atom stereocenters. The molecule has 0 radical (unpaired) electrons. The number of nitrogens with two attached hydrogens (primary N) is 1. The molecule has 0 bridgehead atoms. The molecule has 2 nitrogen and oxygen atoms in total. The third kappa shape index (κ3) is 2.34. The van der Waals surface area contributed by atoms with Crippen molar-refractivity contribution in [3.8, 4) is 0 Å². The van der Waals surface area contributed by atoms with Crippen LogP contribution in [0, 0.1) is 17.5 Å². The quantitative estimate of drug-likeness (QED) is 0.839.